The monoisotopic (exact) mass is 411 g/mol. The standard InChI is InChI=1S/C21H21N3O4S/c25-17(16-7-8-18-19(13-16)28-12-4-11-27-18)14-29-21-23-22-20(26)24(21)10-9-15-5-2-1-3-6-15/h1-3,5-8,13H,4,9-12,14H2,(H,22,26). The number of benzene rings is 2. The Labute approximate surface area is 172 Å². The third kappa shape index (κ3) is 4.71. The second-order valence-corrected chi connectivity index (χ2v) is 7.56. The fourth-order valence-electron chi connectivity index (χ4n) is 3.05. The molecular formula is C21H21N3O4S. The lowest BCUT2D eigenvalue weighted by molar-refractivity contribution is 0.102. The van der Waals surface area contributed by atoms with Gasteiger partial charge in [-0.25, -0.2) is 9.89 Å². The van der Waals surface area contributed by atoms with Gasteiger partial charge < -0.3 is 9.47 Å². The van der Waals surface area contributed by atoms with Crippen molar-refractivity contribution in [2.45, 2.75) is 24.5 Å². The Morgan fingerprint density at radius 3 is 2.72 bits per heavy atom. The molecule has 150 valence electrons. The second-order valence-electron chi connectivity index (χ2n) is 6.62. The van der Waals surface area contributed by atoms with Crippen LogP contribution in [0.1, 0.15) is 22.3 Å². The smallest absolute Gasteiger partial charge is 0.343 e. The van der Waals surface area contributed by atoms with E-state index in [4.69, 9.17) is 9.47 Å². The first kappa shape index (κ1) is 19.3. The highest BCUT2D eigenvalue weighted by atomic mass is 32.2. The zero-order chi connectivity index (χ0) is 20.1. The maximum absolute atomic E-state index is 12.6. The highest BCUT2D eigenvalue weighted by Gasteiger charge is 2.16. The molecule has 0 radical (unpaired) electrons. The molecule has 7 nitrogen and oxygen atoms in total. The fraction of sp³-hybridized carbons (Fsp3) is 0.286. The summed E-state index contributed by atoms with van der Waals surface area (Å²) in [5, 5.41) is 7.05. The first-order valence-corrected chi connectivity index (χ1v) is 10.4. The number of hydrogen-bond acceptors (Lipinski definition) is 6. The summed E-state index contributed by atoms with van der Waals surface area (Å²) in [6.07, 6.45) is 1.53. The molecule has 0 saturated carbocycles. The summed E-state index contributed by atoms with van der Waals surface area (Å²) in [4.78, 5) is 24.7. The van der Waals surface area contributed by atoms with Crippen molar-refractivity contribution in [3.8, 4) is 11.5 Å². The van der Waals surface area contributed by atoms with Crippen LogP contribution in [0.25, 0.3) is 0 Å². The van der Waals surface area contributed by atoms with E-state index in [1.54, 1.807) is 22.8 Å². The molecule has 1 aromatic heterocycles. The summed E-state index contributed by atoms with van der Waals surface area (Å²) < 4.78 is 12.8. The van der Waals surface area contributed by atoms with E-state index in [0.717, 1.165) is 12.0 Å². The molecular weight excluding hydrogens is 390 g/mol. The van der Waals surface area contributed by atoms with Gasteiger partial charge in [0.15, 0.2) is 22.4 Å². The van der Waals surface area contributed by atoms with Crippen molar-refractivity contribution in [3.63, 3.8) is 0 Å². The Hall–Kier alpha value is -3.00. The molecule has 1 N–H and O–H groups in total. The summed E-state index contributed by atoms with van der Waals surface area (Å²) >= 11 is 1.25. The van der Waals surface area contributed by atoms with E-state index in [-0.39, 0.29) is 17.2 Å². The minimum Gasteiger partial charge on any atom is -0.490 e. The fourth-order valence-corrected chi connectivity index (χ4v) is 3.91. The summed E-state index contributed by atoms with van der Waals surface area (Å²) in [6, 6.07) is 15.2. The van der Waals surface area contributed by atoms with Crippen molar-refractivity contribution >= 4 is 17.5 Å². The number of aromatic nitrogens is 3. The lowest BCUT2D eigenvalue weighted by Gasteiger charge is -2.09. The number of ether oxygens (including phenoxy) is 2. The van der Waals surface area contributed by atoms with Gasteiger partial charge in [-0.1, -0.05) is 42.1 Å². The van der Waals surface area contributed by atoms with Gasteiger partial charge >= 0.3 is 5.69 Å². The largest absolute Gasteiger partial charge is 0.490 e. The highest BCUT2D eigenvalue weighted by Crippen LogP contribution is 2.31. The summed E-state index contributed by atoms with van der Waals surface area (Å²) in [5.74, 6) is 1.37. The topological polar surface area (TPSA) is 86.2 Å². The van der Waals surface area contributed by atoms with Gasteiger partial charge in [-0.2, -0.15) is 0 Å². The summed E-state index contributed by atoms with van der Waals surface area (Å²) in [6.45, 7) is 1.68. The van der Waals surface area contributed by atoms with Gasteiger partial charge in [0.1, 0.15) is 0 Å². The van der Waals surface area contributed by atoms with Gasteiger partial charge in [0.05, 0.1) is 19.0 Å². The molecule has 0 bridgehead atoms. The van der Waals surface area contributed by atoms with Gasteiger partial charge in [-0.15, -0.1) is 5.10 Å². The SMILES string of the molecule is O=C(CSc1n[nH]c(=O)n1CCc1ccccc1)c1ccc2c(c1)OCCCO2. The van der Waals surface area contributed by atoms with Gasteiger partial charge in [0, 0.05) is 18.5 Å². The molecule has 1 aliphatic heterocycles. The molecule has 2 heterocycles. The number of thioether (sulfide) groups is 1. The molecule has 0 aliphatic carbocycles. The number of nitrogens with zero attached hydrogens (tertiary/aromatic N) is 2. The zero-order valence-corrected chi connectivity index (χ0v) is 16.6. The number of hydrogen-bond donors (Lipinski definition) is 1. The molecule has 3 aromatic rings. The van der Waals surface area contributed by atoms with Crippen LogP contribution < -0.4 is 15.2 Å². The van der Waals surface area contributed by atoms with E-state index < -0.39 is 0 Å². The van der Waals surface area contributed by atoms with Crippen molar-refractivity contribution in [2.24, 2.45) is 0 Å². The lowest BCUT2D eigenvalue weighted by Crippen LogP contribution is -2.19. The van der Waals surface area contributed by atoms with Crippen LogP contribution in [-0.2, 0) is 13.0 Å². The number of rotatable bonds is 7. The van der Waals surface area contributed by atoms with Crippen LogP contribution in [0.4, 0.5) is 0 Å². The predicted molar refractivity (Wildman–Crippen MR) is 110 cm³/mol. The average molecular weight is 411 g/mol. The Balaban J connectivity index is 1.41. The number of ketones is 1. The molecule has 4 rings (SSSR count). The predicted octanol–water partition coefficient (Wildman–Crippen LogP) is 2.95. The van der Waals surface area contributed by atoms with Gasteiger partial charge in [-0.05, 0) is 30.2 Å². The molecule has 0 saturated heterocycles. The molecule has 0 amide bonds. The van der Waals surface area contributed by atoms with E-state index >= 15 is 0 Å². The number of carbonyl (C=O) groups excluding carboxylic acids is 1. The first-order chi connectivity index (χ1) is 14.2. The normalized spacial score (nSPS) is 13.1. The molecule has 2 aromatic carbocycles. The Morgan fingerprint density at radius 1 is 1.10 bits per heavy atom. The van der Waals surface area contributed by atoms with Crippen molar-refractivity contribution in [3.05, 3.63) is 70.1 Å². The van der Waals surface area contributed by atoms with Crippen LogP contribution >= 0.6 is 11.8 Å². The van der Waals surface area contributed by atoms with Gasteiger partial charge in [-0.3, -0.25) is 9.36 Å². The molecule has 8 heteroatoms. The lowest BCUT2D eigenvalue weighted by atomic mass is 10.1. The third-order valence-electron chi connectivity index (χ3n) is 4.59. The number of carbonyl (C=O) groups is 1. The minimum atomic E-state index is -0.272. The number of aryl methyl sites for hydroxylation is 1. The number of nitrogens with one attached hydrogen (secondary N) is 1. The van der Waals surface area contributed by atoms with E-state index in [2.05, 4.69) is 10.2 Å². The van der Waals surface area contributed by atoms with E-state index in [0.29, 0.717) is 48.4 Å². The van der Waals surface area contributed by atoms with Crippen LogP contribution in [-0.4, -0.2) is 39.5 Å². The Morgan fingerprint density at radius 2 is 1.90 bits per heavy atom. The zero-order valence-electron chi connectivity index (χ0n) is 15.8. The minimum absolute atomic E-state index is 0.0595. The van der Waals surface area contributed by atoms with Gasteiger partial charge in [0.2, 0.25) is 0 Å². The Kier molecular flexibility index (Phi) is 6.00. The molecule has 0 atom stereocenters. The van der Waals surface area contributed by atoms with Crippen molar-refractivity contribution in [1.29, 1.82) is 0 Å². The van der Waals surface area contributed by atoms with Crippen LogP contribution in [0.5, 0.6) is 11.5 Å². The molecule has 1 aliphatic rings. The number of H-pyrrole nitrogens is 1. The van der Waals surface area contributed by atoms with E-state index in [1.165, 1.54) is 11.8 Å². The van der Waals surface area contributed by atoms with Crippen LogP contribution in [0.2, 0.25) is 0 Å². The second kappa shape index (κ2) is 9.00. The first-order valence-electron chi connectivity index (χ1n) is 9.45. The number of fused-ring (bicyclic) bond motifs is 1. The van der Waals surface area contributed by atoms with Gasteiger partial charge in [0.25, 0.3) is 0 Å². The number of Topliss-reactive ketones (excluding diaryl/α,β-unsaturated/α-hetero) is 1. The van der Waals surface area contributed by atoms with Crippen LogP contribution in [0.15, 0.2) is 58.5 Å². The maximum atomic E-state index is 12.6. The quantitative estimate of drug-likeness (QED) is 0.475. The van der Waals surface area contributed by atoms with E-state index in [1.807, 2.05) is 30.3 Å². The number of aromatic amines is 1. The van der Waals surface area contributed by atoms with Crippen LogP contribution in [0, 0.1) is 0 Å². The van der Waals surface area contributed by atoms with Crippen molar-refractivity contribution in [2.75, 3.05) is 19.0 Å². The summed E-state index contributed by atoms with van der Waals surface area (Å²) in [7, 11) is 0. The molecule has 0 spiro atoms. The average Bonchev–Trinajstić information content (AvgIpc) is 2.95. The third-order valence-corrected chi connectivity index (χ3v) is 5.57. The Bertz CT molecular complexity index is 1050. The molecule has 29 heavy (non-hydrogen) atoms. The van der Waals surface area contributed by atoms with Crippen LogP contribution in [0.3, 0.4) is 0 Å². The van der Waals surface area contributed by atoms with Crippen molar-refractivity contribution in [1.82, 2.24) is 14.8 Å². The van der Waals surface area contributed by atoms with Crippen molar-refractivity contribution < 1.29 is 14.3 Å². The molecule has 0 fully saturated rings. The highest BCUT2D eigenvalue weighted by molar-refractivity contribution is 7.99. The molecule has 0 unspecified atom stereocenters. The van der Waals surface area contributed by atoms with E-state index in [9.17, 15) is 9.59 Å². The summed E-state index contributed by atoms with van der Waals surface area (Å²) in [5.41, 5.74) is 1.42. The maximum Gasteiger partial charge on any atom is 0.343 e.